The van der Waals surface area contributed by atoms with Crippen molar-refractivity contribution >= 4 is 27.3 Å². The van der Waals surface area contributed by atoms with Crippen molar-refractivity contribution in [2.24, 2.45) is 0 Å². The van der Waals surface area contributed by atoms with E-state index in [9.17, 15) is 10.1 Å². The van der Waals surface area contributed by atoms with Crippen molar-refractivity contribution in [2.45, 2.75) is 50.4 Å². The molecule has 1 fully saturated rings. The van der Waals surface area contributed by atoms with Crippen LogP contribution in [0.15, 0.2) is 18.1 Å². The molecule has 0 amide bonds. The van der Waals surface area contributed by atoms with E-state index in [4.69, 9.17) is 0 Å². The molecule has 1 unspecified atom stereocenters. The van der Waals surface area contributed by atoms with E-state index in [2.05, 4.69) is 16.0 Å². The molecule has 2 aliphatic rings. The molecule has 0 spiro atoms. The molecule has 2 heterocycles. The third kappa shape index (κ3) is 2.71. The van der Waals surface area contributed by atoms with Crippen LogP contribution in [0.1, 0.15) is 48.2 Å². The standard InChI is InChI=1S/C20H22N4OS/c1-24(2)10-13-9-20(11-21,8-7-15(13)25)18-17-14-5-3-4-6-16(14)26-19(17)23-12-22-18/h10,12H,3-9H2,1-2H3/b13-10-. The van der Waals surface area contributed by atoms with Crippen molar-refractivity contribution in [3.8, 4) is 6.07 Å². The highest BCUT2D eigenvalue weighted by Gasteiger charge is 2.42. The number of rotatable bonds is 2. The Morgan fingerprint density at radius 1 is 1.27 bits per heavy atom. The maximum Gasteiger partial charge on any atom is 0.160 e. The summed E-state index contributed by atoms with van der Waals surface area (Å²) in [5.74, 6) is 0.141. The molecule has 134 valence electrons. The molecule has 26 heavy (non-hydrogen) atoms. The van der Waals surface area contributed by atoms with Gasteiger partial charge in [-0.2, -0.15) is 5.26 Å². The highest BCUT2D eigenvalue weighted by atomic mass is 32.1. The van der Waals surface area contributed by atoms with Gasteiger partial charge in [-0.25, -0.2) is 9.97 Å². The van der Waals surface area contributed by atoms with Gasteiger partial charge in [0.15, 0.2) is 5.78 Å². The predicted molar refractivity (Wildman–Crippen MR) is 102 cm³/mol. The van der Waals surface area contributed by atoms with Crippen molar-refractivity contribution < 1.29 is 4.79 Å². The summed E-state index contributed by atoms with van der Waals surface area (Å²) in [5, 5.41) is 11.3. The first kappa shape index (κ1) is 17.2. The van der Waals surface area contributed by atoms with Crippen molar-refractivity contribution in [3.63, 3.8) is 0 Å². The van der Waals surface area contributed by atoms with E-state index in [0.29, 0.717) is 19.3 Å². The summed E-state index contributed by atoms with van der Waals surface area (Å²) < 4.78 is 0. The number of hydrogen-bond acceptors (Lipinski definition) is 6. The number of carbonyl (C=O) groups is 1. The third-order valence-corrected chi connectivity index (χ3v) is 6.66. The largest absolute Gasteiger partial charge is 0.383 e. The van der Waals surface area contributed by atoms with Gasteiger partial charge in [0.25, 0.3) is 0 Å². The van der Waals surface area contributed by atoms with Crippen LogP contribution in [0.3, 0.4) is 0 Å². The molecule has 2 aromatic rings. The smallest absolute Gasteiger partial charge is 0.160 e. The Morgan fingerprint density at radius 2 is 2.08 bits per heavy atom. The predicted octanol–water partition coefficient (Wildman–Crippen LogP) is 3.53. The van der Waals surface area contributed by atoms with Crippen LogP contribution in [-0.2, 0) is 23.1 Å². The summed E-state index contributed by atoms with van der Waals surface area (Å²) in [6, 6.07) is 2.55. The number of aryl methyl sites for hydroxylation is 2. The number of nitriles is 1. The Bertz CT molecular complexity index is 953. The maximum atomic E-state index is 12.4. The van der Waals surface area contributed by atoms with E-state index in [1.807, 2.05) is 25.2 Å². The molecule has 0 radical (unpaired) electrons. The molecular formula is C20H22N4OS. The van der Waals surface area contributed by atoms with Crippen LogP contribution in [-0.4, -0.2) is 34.7 Å². The Kier molecular flexibility index (Phi) is 4.28. The fraction of sp³-hybridized carbons (Fsp3) is 0.500. The number of fused-ring (bicyclic) bond motifs is 3. The normalized spacial score (nSPS) is 24.5. The molecule has 4 rings (SSSR count). The lowest BCUT2D eigenvalue weighted by atomic mass is 9.69. The monoisotopic (exact) mass is 366 g/mol. The minimum absolute atomic E-state index is 0.141. The molecule has 0 saturated heterocycles. The fourth-order valence-electron chi connectivity index (χ4n) is 4.23. The van der Waals surface area contributed by atoms with Crippen molar-refractivity contribution in [3.05, 3.63) is 34.2 Å². The van der Waals surface area contributed by atoms with Crippen molar-refractivity contribution in [1.82, 2.24) is 14.9 Å². The highest BCUT2D eigenvalue weighted by molar-refractivity contribution is 7.18. The zero-order chi connectivity index (χ0) is 18.3. The Hall–Kier alpha value is -2.26. The van der Waals surface area contributed by atoms with Crippen molar-refractivity contribution in [2.75, 3.05) is 14.1 Å². The van der Waals surface area contributed by atoms with Gasteiger partial charge in [0.05, 0.1) is 11.8 Å². The van der Waals surface area contributed by atoms with E-state index in [0.717, 1.165) is 34.3 Å². The highest BCUT2D eigenvalue weighted by Crippen LogP contribution is 2.45. The quantitative estimate of drug-likeness (QED) is 0.761. The van der Waals surface area contributed by atoms with Crippen LogP contribution >= 0.6 is 11.3 Å². The van der Waals surface area contributed by atoms with E-state index in [1.54, 1.807) is 17.7 Å². The Balaban J connectivity index is 1.89. The van der Waals surface area contributed by atoms with Gasteiger partial charge < -0.3 is 4.90 Å². The summed E-state index contributed by atoms with van der Waals surface area (Å²) >= 11 is 1.75. The first-order chi connectivity index (χ1) is 12.5. The minimum atomic E-state index is -0.747. The summed E-state index contributed by atoms with van der Waals surface area (Å²) in [6.45, 7) is 0. The SMILES string of the molecule is CN(C)/C=C1/CC(C#N)(c2ncnc3sc4c(c23)CCCC4)CCC1=O. The van der Waals surface area contributed by atoms with Gasteiger partial charge in [-0.15, -0.1) is 11.3 Å². The number of hydrogen-bond donors (Lipinski definition) is 0. The zero-order valence-electron chi connectivity index (χ0n) is 15.2. The minimum Gasteiger partial charge on any atom is -0.383 e. The molecule has 1 saturated carbocycles. The Morgan fingerprint density at radius 3 is 2.85 bits per heavy atom. The van der Waals surface area contributed by atoms with Crippen molar-refractivity contribution in [1.29, 1.82) is 5.26 Å². The summed E-state index contributed by atoms with van der Waals surface area (Å²) in [7, 11) is 3.81. The second-order valence-corrected chi connectivity index (χ2v) is 8.61. The van der Waals surface area contributed by atoms with Gasteiger partial charge in [-0.05, 0) is 37.7 Å². The zero-order valence-corrected chi connectivity index (χ0v) is 16.0. The van der Waals surface area contributed by atoms with Gasteiger partial charge in [-0.3, -0.25) is 4.79 Å². The van der Waals surface area contributed by atoms with E-state index >= 15 is 0 Å². The van der Waals surface area contributed by atoms with E-state index in [-0.39, 0.29) is 5.78 Å². The molecule has 5 nitrogen and oxygen atoms in total. The molecule has 0 bridgehead atoms. The maximum absolute atomic E-state index is 12.4. The second kappa shape index (κ2) is 6.48. The average Bonchev–Trinajstić information content (AvgIpc) is 3.02. The average molecular weight is 366 g/mol. The number of Topliss-reactive ketones (excluding diaryl/α,β-unsaturated/α-hetero) is 1. The molecule has 0 N–H and O–H groups in total. The van der Waals surface area contributed by atoms with Crippen LogP contribution in [0, 0.1) is 11.3 Å². The first-order valence-corrected chi connectivity index (χ1v) is 9.93. The van der Waals surface area contributed by atoms with Crippen LogP contribution in [0.4, 0.5) is 0 Å². The first-order valence-electron chi connectivity index (χ1n) is 9.11. The lowest BCUT2D eigenvalue weighted by Gasteiger charge is -2.32. The lowest BCUT2D eigenvalue weighted by molar-refractivity contribution is -0.117. The number of allylic oxidation sites excluding steroid dienone is 1. The number of ketones is 1. The van der Waals surface area contributed by atoms with Crippen LogP contribution < -0.4 is 0 Å². The second-order valence-electron chi connectivity index (χ2n) is 7.53. The molecule has 2 aliphatic carbocycles. The topological polar surface area (TPSA) is 69.9 Å². The van der Waals surface area contributed by atoms with Crippen LogP contribution in [0.25, 0.3) is 10.2 Å². The molecule has 1 atom stereocenters. The fourth-order valence-corrected chi connectivity index (χ4v) is 5.46. The molecular weight excluding hydrogens is 344 g/mol. The number of thiophene rings is 1. The number of aromatic nitrogens is 2. The van der Waals surface area contributed by atoms with Gasteiger partial charge in [0.1, 0.15) is 16.6 Å². The third-order valence-electron chi connectivity index (χ3n) is 5.46. The lowest BCUT2D eigenvalue weighted by Crippen LogP contribution is -2.34. The van der Waals surface area contributed by atoms with Gasteiger partial charge in [-0.1, -0.05) is 0 Å². The summed E-state index contributed by atoms with van der Waals surface area (Å²) in [5.41, 5.74) is 2.15. The summed E-state index contributed by atoms with van der Waals surface area (Å²) in [4.78, 5) is 25.8. The van der Waals surface area contributed by atoms with Crippen LogP contribution in [0.5, 0.6) is 0 Å². The molecule has 6 heteroatoms. The molecule has 2 aromatic heterocycles. The van der Waals surface area contributed by atoms with E-state index < -0.39 is 5.41 Å². The van der Waals surface area contributed by atoms with Gasteiger partial charge in [0, 0.05) is 49.0 Å². The molecule has 0 aliphatic heterocycles. The Labute approximate surface area is 157 Å². The van der Waals surface area contributed by atoms with Crippen LogP contribution in [0.2, 0.25) is 0 Å². The van der Waals surface area contributed by atoms with Gasteiger partial charge >= 0.3 is 0 Å². The molecule has 0 aromatic carbocycles. The number of nitrogens with zero attached hydrogens (tertiary/aromatic N) is 4. The summed E-state index contributed by atoms with van der Waals surface area (Å²) in [6.07, 6.45) is 9.33. The van der Waals surface area contributed by atoms with Gasteiger partial charge in [0.2, 0.25) is 0 Å². The van der Waals surface area contributed by atoms with E-state index in [1.165, 1.54) is 23.3 Å². The number of carbonyl (C=O) groups excluding carboxylic acids is 1.